The summed E-state index contributed by atoms with van der Waals surface area (Å²) in [6, 6.07) is 10.4. The summed E-state index contributed by atoms with van der Waals surface area (Å²) in [4.78, 5) is 35.6. The van der Waals surface area contributed by atoms with E-state index in [1.165, 1.54) is 6.92 Å². The first kappa shape index (κ1) is 16.2. The van der Waals surface area contributed by atoms with Gasteiger partial charge in [0.05, 0.1) is 5.69 Å². The maximum Gasteiger partial charge on any atom is 0.376 e. The zero-order valence-electron chi connectivity index (χ0n) is 12.4. The van der Waals surface area contributed by atoms with Crippen LogP contribution in [0.3, 0.4) is 0 Å². The van der Waals surface area contributed by atoms with E-state index in [4.69, 9.17) is 5.11 Å². The smallest absolute Gasteiger partial charge is 0.376 e. The molecule has 0 saturated carbocycles. The summed E-state index contributed by atoms with van der Waals surface area (Å²) in [6.07, 6.45) is 1.19. The number of carbonyl (C=O) groups excluding carboxylic acids is 2. The quantitative estimate of drug-likeness (QED) is 0.328. The van der Waals surface area contributed by atoms with E-state index >= 15 is 0 Å². The van der Waals surface area contributed by atoms with Crippen LogP contribution in [0.25, 0.3) is 5.76 Å². The second kappa shape index (κ2) is 6.74. The number of H-pyrrole nitrogens is 1. The molecule has 0 atom stereocenters. The Bertz CT molecular complexity index is 784. The van der Waals surface area contributed by atoms with Gasteiger partial charge in [-0.1, -0.05) is 24.3 Å². The van der Waals surface area contributed by atoms with Crippen LogP contribution in [0.5, 0.6) is 0 Å². The summed E-state index contributed by atoms with van der Waals surface area (Å²) >= 11 is 0. The van der Waals surface area contributed by atoms with E-state index in [9.17, 15) is 19.5 Å². The van der Waals surface area contributed by atoms with Gasteiger partial charge in [0.2, 0.25) is 0 Å². The molecule has 6 heteroatoms. The van der Waals surface area contributed by atoms with Crippen molar-refractivity contribution < 1.29 is 24.6 Å². The van der Waals surface area contributed by atoms with Gasteiger partial charge in [0.15, 0.2) is 5.78 Å². The molecule has 23 heavy (non-hydrogen) atoms. The Hall–Kier alpha value is -3.15. The molecular weight excluding hydrogens is 298 g/mol. The molecule has 118 valence electrons. The summed E-state index contributed by atoms with van der Waals surface area (Å²) in [5.41, 5.74) is 2.63. The van der Waals surface area contributed by atoms with Gasteiger partial charge in [0.1, 0.15) is 5.76 Å². The first-order chi connectivity index (χ1) is 10.9. The molecule has 0 spiro atoms. The number of aliphatic hydroxyl groups excluding tert-OH is 1. The van der Waals surface area contributed by atoms with Crippen molar-refractivity contribution in [1.82, 2.24) is 4.98 Å². The van der Waals surface area contributed by atoms with Crippen LogP contribution >= 0.6 is 0 Å². The second-order valence-electron chi connectivity index (χ2n) is 5.03. The number of hydrogen-bond acceptors (Lipinski definition) is 4. The van der Waals surface area contributed by atoms with Crippen molar-refractivity contribution in [1.29, 1.82) is 0 Å². The fourth-order valence-corrected chi connectivity index (χ4v) is 2.03. The molecule has 2 rings (SSSR count). The number of carboxylic acid groups (broad SMARTS) is 1. The van der Waals surface area contributed by atoms with Crippen molar-refractivity contribution >= 4 is 23.3 Å². The minimum atomic E-state index is -1.63. The van der Waals surface area contributed by atoms with Crippen LogP contribution in [0.15, 0.2) is 42.5 Å². The highest BCUT2D eigenvalue weighted by Gasteiger charge is 2.11. The molecule has 0 amide bonds. The third-order valence-electron chi connectivity index (χ3n) is 3.26. The molecule has 0 aliphatic heterocycles. The molecule has 3 N–H and O–H groups in total. The van der Waals surface area contributed by atoms with E-state index in [1.54, 1.807) is 24.3 Å². The van der Waals surface area contributed by atoms with Crippen LogP contribution < -0.4 is 0 Å². The van der Waals surface area contributed by atoms with E-state index in [1.807, 2.05) is 12.1 Å². The third-order valence-corrected chi connectivity index (χ3v) is 3.26. The van der Waals surface area contributed by atoms with Crippen molar-refractivity contribution in [3.05, 3.63) is 65.0 Å². The molecule has 1 heterocycles. The lowest BCUT2D eigenvalue weighted by atomic mass is 10.1. The number of benzene rings is 1. The molecule has 0 saturated heterocycles. The number of aliphatic hydroxyl groups is 1. The molecule has 1 aromatic carbocycles. The Labute approximate surface area is 132 Å². The molecule has 0 radical (unpaired) electrons. The second-order valence-corrected chi connectivity index (χ2v) is 5.03. The molecule has 2 aromatic rings. The number of aromatic nitrogens is 1. The molecule has 1 aromatic heterocycles. The molecule has 6 nitrogen and oxygen atoms in total. The van der Waals surface area contributed by atoms with Crippen molar-refractivity contribution in [2.75, 3.05) is 0 Å². The van der Waals surface area contributed by atoms with Gasteiger partial charge in [-0.25, -0.2) is 4.79 Å². The zero-order valence-corrected chi connectivity index (χ0v) is 12.4. The van der Waals surface area contributed by atoms with Crippen molar-refractivity contribution in [3.8, 4) is 0 Å². The number of Topliss-reactive ketones (excluding diaryl/α,β-unsaturated/α-hetero) is 1. The number of carboxylic acids is 1. The lowest BCUT2D eigenvalue weighted by molar-refractivity contribution is -0.146. The summed E-state index contributed by atoms with van der Waals surface area (Å²) in [5, 5.41) is 18.2. The third kappa shape index (κ3) is 4.16. The maximum absolute atomic E-state index is 11.2. The number of aromatic amines is 1. The van der Waals surface area contributed by atoms with E-state index < -0.39 is 17.5 Å². The molecule has 0 aliphatic rings. The van der Waals surface area contributed by atoms with E-state index in [0.717, 1.165) is 11.3 Å². The van der Waals surface area contributed by atoms with Crippen LogP contribution in [0.4, 0.5) is 0 Å². The normalized spacial score (nSPS) is 11.3. The SMILES string of the molecule is CC(=O)c1ccc(Cc2ccc(C(O)=CC(=O)C(=O)O)[nH]2)cc1. The minimum Gasteiger partial charge on any atom is -0.506 e. The van der Waals surface area contributed by atoms with Gasteiger partial charge >= 0.3 is 5.97 Å². The predicted octanol–water partition coefficient (Wildman–Crippen LogP) is 2.36. The Balaban J connectivity index is 2.11. The molecule has 0 unspecified atom stereocenters. The highest BCUT2D eigenvalue weighted by Crippen LogP contribution is 2.15. The van der Waals surface area contributed by atoms with E-state index in [0.29, 0.717) is 18.1 Å². The van der Waals surface area contributed by atoms with Gasteiger partial charge in [0.25, 0.3) is 5.78 Å². The van der Waals surface area contributed by atoms with Crippen molar-refractivity contribution in [2.45, 2.75) is 13.3 Å². The van der Waals surface area contributed by atoms with Crippen molar-refractivity contribution in [3.63, 3.8) is 0 Å². The number of aliphatic carboxylic acids is 1. The topological polar surface area (TPSA) is 107 Å². The van der Waals surface area contributed by atoms with E-state index in [2.05, 4.69) is 4.98 Å². The van der Waals surface area contributed by atoms with Gasteiger partial charge < -0.3 is 15.2 Å². The summed E-state index contributed by atoms with van der Waals surface area (Å²) in [5.74, 6) is -3.26. The van der Waals surface area contributed by atoms with Gasteiger partial charge in [-0.05, 0) is 24.6 Å². The molecule has 0 bridgehead atoms. The fourth-order valence-electron chi connectivity index (χ4n) is 2.03. The number of rotatable bonds is 6. The fraction of sp³-hybridized carbons (Fsp3) is 0.118. The van der Waals surface area contributed by atoms with Gasteiger partial charge in [-0.3, -0.25) is 9.59 Å². The van der Waals surface area contributed by atoms with Gasteiger partial charge in [-0.15, -0.1) is 0 Å². The average Bonchev–Trinajstić information content (AvgIpc) is 2.96. The van der Waals surface area contributed by atoms with Crippen LogP contribution in [0.1, 0.15) is 34.2 Å². The van der Waals surface area contributed by atoms with Crippen LogP contribution in [0.2, 0.25) is 0 Å². The summed E-state index contributed by atoms with van der Waals surface area (Å²) < 4.78 is 0. The lowest BCUT2D eigenvalue weighted by Gasteiger charge is -2.01. The number of ketones is 2. The van der Waals surface area contributed by atoms with E-state index in [-0.39, 0.29) is 11.5 Å². The van der Waals surface area contributed by atoms with Crippen LogP contribution in [0, 0.1) is 0 Å². The monoisotopic (exact) mass is 313 g/mol. The number of carbonyl (C=O) groups is 3. The Morgan fingerprint density at radius 1 is 1.04 bits per heavy atom. The van der Waals surface area contributed by atoms with Gasteiger partial charge in [-0.2, -0.15) is 0 Å². The largest absolute Gasteiger partial charge is 0.506 e. The Kier molecular flexibility index (Phi) is 4.75. The van der Waals surface area contributed by atoms with Crippen LogP contribution in [-0.4, -0.2) is 32.7 Å². The maximum atomic E-state index is 11.2. The first-order valence-corrected chi connectivity index (χ1v) is 6.83. The summed E-state index contributed by atoms with van der Waals surface area (Å²) in [6.45, 7) is 1.50. The molecule has 0 fully saturated rings. The summed E-state index contributed by atoms with van der Waals surface area (Å²) in [7, 11) is 0. The lowest BCUT2D eigenvalue weighted by Crippen LogP contribution is -2.09. The molecular formula is C17H15NO5. The number of nitrogens with one attached hydrogen (secondary N) is 1. The standard InChI is InChI=1S/C17H15NO5/c1-10(19)12-4-2-11(3-5-12)8-13-6-7-14(18-13)15(20)9-16(21)17(22)23/h2-7,9,18,20H,8H2,1H3,(H,22,23). The van der Waals surface area contributed by atoms with Crippen LogP contribution in [-0.2, 0) is 16.0 Å². The average molecular weight is 313 g/mol. The Morgan fingerprint density at radius 3 is 2.26 bits per heavy atom. The van der Waals surface area contributed by atoms with Gasteiger partial charge in [0, 0.05) is 23.8 Å². The number of hydrogen-bond donors (Lipinski definition) is 3. The zero-order chi connectivity index (χ0) is 17.0. The molecule has 0 aliphatic carbocycles. The highest BCUT2D eigenvalue weighted by atomic mass is 16.4. The first-order valence-electron chi connectivity index (χ1n) is 6.83. The highest BCUT2D eigenvalue weighted by molar-refractivity contribution is 6.38. The predicted molar refractivity (Wildman–Crippen MR) is 83.3 cm³/mol. The minimum absolute atomic E-state index is 0.00290. The van der Waals surface area contributed by atoms with Crippen molar-refractivity contribution in [2.24, 2.45) is 0 Å². The Morgan fingerprint density at radius 2 is 1.70 bits per heavy atom.